The molecule has 0 unspecified atom stereocenters. The molecule has 0 fully saturated rings. The van der Waals surface area contributed by atoms with E-state index in [1.807, 2.05) is 6.92 Å². The zero-order valence-corrected chi connectivity index (χ0v) is 10.9. The Labute approximate surface area is 118 Å². The molecule has 21 heavy (non-hydrogen) atoms. The van der Waals surface area contributed by atoms with Crippen molar-refractivity contribution in [1.29, 1.82) is 0 Å². The first-order chi connectivity index (χ1) is 9.77. The summed E-state index contributed by atoms with van der Waals surface area (Å²) in [6.45, 7) is 1.87. The van der Waals surface area contributed by atoms with Crippen LogP contribution < -0.4 is 4.74 Å². The summed E-state index contributed by atoms with van der Waals surface area (Å²) in [5, 5.41) is 9.03. The molecule has 0 aromatic heterocycles. The van der Waals surface area contributed by atoms with Gasteiger partial charge in [0, 0.05) is 0 Å². The molecule has 1 N–H and O–H groups in total. The Morgan fingerprint density at radius 1 is 1.10 bits per heavy atom. The largest absolute Gasteiger partial charge is 0.478 e. The van der Waals surface area contributed by atoms with Crippen molar-refractivity contribution in [2.45, 2.75) is 13.1 Å². The van der Waals surface area contributed by atoms with E-state index < -0.39 is 23.3 Å². The van der Waals surface area contributed by atoms with Gasteiger partial charge in [0.1, 0.15) is 17.1 Å². The van der Waals surface area contributed by atoms with Crippen LogP contribution in [0.15, 0.2) is 42.5 Å². The van der Waals surface area contributed by atoms with Crippen molar-refractivity contribution < 1.29 is 27.8 Å². The summed E-state index contributed by atoms with van der Waals surface area (Å²) in [5.41, 5.74) is -0.588. The highest BCUT2D eigenvalue weighted by molar-refractivity contribution is 5.91. The first kappa shape index (κ1) is 14.9. The molecular weight excluding hydrogens is 285 g/mol. The lowest BCUT2D eigenvalue weighted by Gasteiger charge is -2.12. The Bertz CT molecular complexity index is 661. The van der Waals surface area contributed by atoms with Gasteiger partial charge in [-0.2, -0.15) is 13.2 Å². The van der Waals surface area contributed by atoms with E-state index in [4.69, 9.17) is 9.84 Å². The van der Waals surface area contributed by atoms with Crippen molar-refractivity contribution in [3.63, 3.8) is 0 Å². The van der Waals surface area contributed by atoms with Crippen LogP contribution in [0.1, 0.15) is 21.5 Å². The molecule has 0 saturated heterocycles. The Morgan fingerprint density at radius 2 is 1.71 bits per heavy atom. The third-order valence-corrected chi connectivity index (χ3v) is 2.79. The van der Waals surface area contributed by atoms with Gasteiger partial charge in [0.25, 0.3) is 0 Å². The molecule has 0 saturated carbocycles. The zero-order chi connectivity index (χ0) is 15.6. The summed E-state index contributed by atoms with van der Waals surface area (Å²) >= 11 is 0. The fourth-order valence-corrected chi connectivity index (χ4v) is 1.70. The molecule has 0 aliphatic heterocycles. The number of carboxylic acids is 1. The van der Waals surface area contributed by atoms with Crippen LogP contribution in [0.2, 0.25) is 0 Å². The van der Waals surface area contributed by atoms with Gasteiger partial charge in [-0.05, 0) is 37.3 Å². The molecule has 2 aromatic carbocycles. The predicted octanol–water partition coefficient (Wildman–Crippen LogP) is 4.50. The summed E-state index contributed by atoms with van der Waals surface area (Å²) in [6, 6.07) is 9.07. The third kappa shape index (κ3) is 3.53. The number of benzene rings is 2. The lowest BCUT2D eigenvalue weighted by molar-refractivity contribution is -0.137. The van der Waals surface area contributed by atoms with E-state index in [-0.39, 0.29) is 5.75 Å². The smallest absolute Gasteiger partial charge is 0.416 e. The summed E-state index contributed by atoms with van der Waals surface area (Å²) in [5.74, 6) is -1.27. The minimum Gasteiger partial charge on any atom is -0.478 e. The SMILES string of the molecule is Cc1ccc(Oc2ccc(C(F)(F)F)cc2C(=O)O)cc1. The Morgan fingerprint density at radius 3 is 2.24 bits per heavy atom. The van der Waals surface area contributed by atoms with Gasteiger partial charge in [-0.1, -0.05) is 17.7 Å². The predicted molar refractivity (Wildman–Crippen MR) is 69.7 cm³/mol. The number of rotatable bonds is 3. The number of hydrogen-bond donors (Lipinski definition) is 1. The van der Waals surface area contributed by atoms with Gasteiger partial charge in [-0.15, -0.1) is 0 Å². The van der Waals surface area contributed by atoms with Crippen molar-refractivity contribution in [2.75, 3.05) is 0 Å². The van der Waals surface area contributed by atoms with Gasteiger partial charge in [-0.25, -0.2) is 4.79 Å². The Balaban J connectivity index is 2.39. The van der Waals surface area contributed by atoms with Crippen LogP contribution in [-0.2, 0) is 6.18 Å². The molecule has 0 bridgehead atoms. The van der Waals surface area contributed by atoms with Crippen LogP contribution >= 0.6 is 0 Å². The Kier molecular flexibility index (Phi) is 3.88. The second-order valence-corrected chi connectivity index (χ2v) is 4.43. The Hall–Kier alpha value is -2.50. The number of carboxylic acid groups (broad SMARTS) is 1. The average molecular weight is 296 g/mol. The van der Waals surface area contributed by atoms with E-state index in [0.29, 0.717) is 11.8 Å². The summed E-state index contributed by atoms with van der Waals surface area (Å²) in [4.78, 5) is 11.1. The molecule has 0 heterocycles. The van der Waals surface area contributed by atoms with Crippen molar-refractivity contribution in [3.05, 3.63) is 59.2 Å². The van der Waals surface area contributed by atoms with Crippen molar-refractivity contribution in [3.8, 4) is 11.5 Å². The number of aromatic carboxylic acids is 1. The second-order valence-electron chi connectivity index (χ2n) is 4.43. The molecule has 0 amide bonds. The zero-order valence-electron chi connectivity index (χ0n) is 10.9. The molecule has 6 heteroatoms. The molecule has 110 valence electrons. The molecule has 0 spiro atoms. The third-order valence-electron chi connectivity index (χ3n) is 2.79. The van der Waals surface area contributed by atoms with Crippen LogP contribution in [0.25, 0.3) is 0 Å². The minimum absolute atomic E-state index is 0.139. The first-order valence-corrected chi connectivity index (χ1v) is 5.96. The van der Waals surface area contributed by atoms with Crippen LogP contribution in [0.5, 0.6) is 11.5 Å². The van der Waals surface area contributed by atoms with Crippen LogP contribution in [0.3, 0.4) is 0 Å². The van der Waals surface area contributed by atoms with Gasteiger partial charge >= 0.3 is 12.1 Å². The van der Waals surface area contributed by atoms with Crippen LogP contribution in [-0.4, -0.2) is 11.1 Å². The summed E-state index contributed by atoms with van der Waals surface area (Å²) in [7, 11) is 0. The van der Waals surface area contributed by atoms with Crippen molar-refractivity contribution in [2.24, 2.45) is 0 Å². The normalized spacial score (nSPS) is 11.2. The first-order valence-electron chi connectivity index (χ1n) is 5.96. The van der Waals surface area contributed by atoms with E-state index in [1.165, 1.54) is 0 Å². The average Bonchev–Trinajstić information content (AvgIpc) is 2.40. The van der Waals surface area contributed by atoms with Crippen LogP contribution in [0.4, 0.5) is 13.2 Å². The monoisotopic (exact) mass is 296 g/mol. The van der Waals surface area contributed by atoms with Crippen molar-refractivity contribution >= 4 is 5.97 Å². The van der Waals surface area contributed by atoms with Gasteiger partial charge < -0.3 is 9.84 Å². The molecule has 0 radical (unpaired) electrons. The fourth-order valence-electron chi connectivity index (χ4n) is 1.70. The van der Waals surface area contributed by atoms with Gasteiger partial charge in [0.2, 0.25) is 0 Å². The van der Waals surface area contributed by atoms with Crippen molar-refractivity contribution in [1.82, 2.24) is 0 Å². The molecular formula is C15H11F3O3. The summed E-state index contributed by atoms with van der Waals surface area (Å²) in [6.07, 6.45) is -4.60. The molecule has 0 atom stereocenters. The highest BCUT2D eigenvalue weighted by atomic mass is 19.4. The van der Waals surface area contributed by atoms with Gasteiger partial charge in [0.15, 0.2) is 0 Å². The highest BCUT2D eigenvalue weighted by Crippen LogP contribution is 2.34. The lowest BCUT2D eigenvalue weighted by Crippen LogP contribution is -2.08. The number of halogens is 3. The minimum atomic E-state index is -4.60. The maximum absolute atomic E-state index is 12.6. The molecule has 2 aromatic rings. The number of hydrogen-bond acceptors (Lipinski definition) is 2. The highest BCUT2D eigenvalue weighted by Gasteiger charge is 2.32. The number of alkyl halides is 3. The number of aryl methyl sites for hydroxylation is 1. The van der Waals surface area contributed by atoms with Gasteiger partial charge in [-0.3, -0.25) is 0 Å². The lowest BCUT2D eigenvalue weighted by atomic mass is 10.1. The second kappa shape index (κ2) is 5.47. The van der Waals surface area contributed by atoms with E-state index in [0.717, 1.165) is 17.7 Å². The quantitative estimate of drug-likeness (QED) is 0.906. The topological polar surface area (TPSA) is 46.5 Å². The summed E-state index contributed by atoms with van der Waals surface area (Å²) < 4.78 is 43.1. The fraction of sp³-hybridized carbons (Fsp3) is 0.133. The molecule has 0 aliphatic rings. The standard InChI is InChI=1S/C15H11F3O3/c1-9-2-5-11(6-3-9)21-13-7-4-10(15(16,17)18)8-12(13)14(19)20/h2-8H,1H3,(H,19,20). The van der Waals surface area contributed by atoms with Crippen LogP contribution in [0, 0.1) is 6.92 Å². The molecule has 3 nitrogen and oxygen atoms in total. The molecule has 2 rings (SSSR count). The van der Waals surface area contributed by atoms with E-state index >= 15 is 0 Å². The van der Waals surface area contributed by atoms with E-state index in [2.05, 4.69) is 0 Å². The maximum Gasteiger partial charge on any atom is 0.416 e. The number of ether oxygens (including phenoxy) is 1. The van der Waals surface area contributed by atoms with Gasteiger partial charge in [0.05, 0.1) is 5.56 Å². The molecule has 0 aliphatic carbocycles. The maximum atomic E-state index is 12.6. The van der Waals surface area contributed by atoms with E-state index in [1.54, 1.807) is 24.3 Å². The number of carbonyl (C=O) groups is 1. The van der Waals surface area contributed by atoms with E-state index in [9.17, 15) is 18.0 Å².